The van der Waals surface area contributed by atoms with Crippen LogP contribution in [0.2, 0.25) is 0 Å². The van der Waals surface area contributed by atoms with E-state index in [2.05, 4.69) is 10.3 Å². The number of rotatable bonds is 2. The number of nitrogens with one attached hydrogen (secondary N) is 2. The number of hydrogen-bond acceptors (Lipinski definition) is 3. The summed E-state index contributed by atoms with van der Waals surface area (Å²) >= 11 is 0. The Hall–Kier alpha value is -0.870. The van der Waals surface area contributed by atoms with Crippen LogP contribution in [0.3, 0.4) is 0 Å². The molecule has 16 heavy (non-hydrogen) atoms. The Kier molecular flexibility index (Phi) is 2.93. The highest BCUT2D eigenvalue weighted by atomic mass is 16.5. The molecule has 3 rings (SSSR count). The van der Waals surface area contributed by atoms with Crippen LogP contribution in [0.15, 0.2) is 0 Å². The average molecular weight is 221 g/mol. The molecule has 0 aromatic carbocycles. The summed E-state index contributed by atoms with van der Waals surface area (Å²) in [6.45, 7) is 3.87. The lowest BCUT2D eigenvalue weighted by molar-refractivity contribution is 0.0660. The number of aromatic nitrogens is 2. The van der Waals surface area contributed by atoms with Gasteiger partial charge in [0.15, 0.2) is 0 Å². The van der Waals surface area contributed by atoms with Crippen LogP contribution < -0.4 is 5.32 Å². The minimum Gasteiger partial charge on any atom is -0.381 e. The highest BCUT2D eigenvalue weighted by molar-refractivity contribution is 5.17. The van der Waals surface area contributed by atoms with Gasteiger partial charge in [0, 0.05) is 39.1 Å². The van der Waals surface area contributed by atoms with E-state index in [1.165, 1.54) is 30.1 Å². The van der Waals surface area contributed by atoms with Gasteiger partial charge in [0.25, 0.3) is 0 Å². The first-order valence-electron chi connectivity index (χ1n) is 6.27. The molecule has 1 fully saturated rings. The van der Waals surface area contributed by atoms with Gasteiger partial charge in [0.1, 0.15) is 5.82 Å². The number of imidazole rings is 1. The lowest BCUT2D eigenvalue weighted by Gasteiger charge is -2.20. The predicted octanol–water partition coefficient (Wildman–Crippen LogP) is 1.02. The first-order chi connectivity index (χ1) is 7.92. The third-order valence-corrected chi connectivity index (χ3v) is 3.58. The van der Waals surface area contributed by atoms with Crippen molar-refractivity contribution in [3.05, 3.63) is 17.2 Å². The van der Waals surface area contributed by atoms with Gasteiger partial charge < -0.3 is 15.0 Å². The van der Waals surface area contributed by atoms with E-state index >= 15 is 0 Å². The molecule has 4 nitrogen and oxygen atoms in total. The maximum Gasteiger partial charge on any atom is 0.106 e. The molecule has 88 valence electrons. The van der Waals surface area contributed by atoms with Crippen LogP contribution in [0.5, 0.6) is 0 Å². The smallest absolute Gasteiger partial charge is 0.106 e. The van der Waals surface area contributed by atoms with Gasteiger partial charge in [0.2, 0.25) is 0 Å². The molecular weight excluding hydrogens is 202 g/mol. The second-order valence-electron chi connectivity index (χ2n) is 4.80. The molecule has 0 amide bonds. The molecule has 0 radical (unpaired) electrons. The zero-order chi connectivity index (χ0) is 10.8. The number of nitrogens with zero attached hydrogens (tertiary/aromatic N) is 1. The second-order valence-corrected chi connectivity index (χ2v) is 4.80. The molecule has 2 aliphatic heterocycles. The van der Waals surface area contributed by atoms with E-state index in [1.54, 1.807) is 0 Å². The molecule has 4 heteroatoms. The van der Waals surface area contributed by atoms with Crippen LogP contribution in [-0.4, -0.2) is 29.7 Å². The molecule has 1 aromatic rings. The van der Waals surface area contributed by atoms with Gasteiger partial charge in [-0.25, -0.2) is 4.98 Å². The number of ether oxygens (including phenoxy) is 1. The Morgan fingerprint density at radius 2 is 2.19 bits per heavy atom. The van der Waals surface area contributed by atoms with Crippen molar-refractivity contribution in [1.29, 1.82) is 0 Å². The van der Waals surface area contributed by atoms with E-state index in [4.69, 9.17) is 9.72 Å². The summed E-state index contributed by atoms with van der Waals surface area (Å²) in [6.07, 6.45) is 4.53. The zero-order valence-corrected chi connectivity index (χ0v) is 9.59. The summed E-state index contributed by atoms with van der Waals surface area (Å²) in [7, 11) is 0. The normalized spacial score (nSPS) is 22.0. The van der Waals surface area contributed by atoms with Crippen molar-refractivity contribution in [1.82, 2.24) is 15.3 Å². The van der Waals surface area contributed by atoms with Crippen molar-refractivity contribution in [2.24, 2.45) is 5.92 Å². The number of fused-ring (bicyclic) bond motifs is 1. The van der Waals surface area contributed by atoms with Crippen LogP contribution in [0.25, 0.3) is 0 Å². The third-order valence-electron chi connectivity index (χ3n) is 3.58. The highest BCUT2D eigenvalue weighted by Crippen LogP contribution is 2.20. The third kappa shape index (κ3) is 2.13. The maximum atomic E-state index is 5.38. The van der Waals surface area contributed by atoms with Gasteiger partial charge in [-0.2, -0.15) is 0 Å². The van der Waals surface area contributed by atoms with Gasteiger partial charge in [-0.3, -0.25) is 0 Å². The molecule has 3 heterocycles. The van der Waals surface area contributed by atoms with Crippen molar-refractivity contribution in [2.45, 2.75) is 32.2 Å². The SMILES string of the molecule is C1Cc2nc(CC3CCOCC3)[nH]c2CN1. The molecule has 1 aromatic heterocycles. The average Bonchev–Trinajstić information content (AvgIpc) is 2.72. The Morgan fingerprint density at radius 1 is 1.31 bits per heavy atom. The molecule has 0 unspecified atom stereocenters. The monoisotopic (exact) mass is 221 g/mol. The van der Waals surface area contributed by atoms with E-state index in [9.17, 15) is 0 Å². The molecule has 2 N–H and O–H groups in total. The predicted molar refractivity (Wildman–Crippen MR) is 61.2 cm³/mol. The molecular formula is C12H19N3O. The molecule has 0 saturated carbocycles. The van der Waals surface area contributed by atoms with Gasteiger partial charge in [0.05, 0.1) is 11.4 Å². The van der Waals surface area contributed by atoms with Crippen molar-refractivity contribution in [3.63, 3.8) is 0 Å². The van der Waals surface area contributed by atoms with Gasteiger partial charge in [-0.15, -0.1) is 0 Å². The molecule has 0 aliphatic carbocycles. The van der Waals surface area contributed by atoms with E-state index in [-0.39, 0.29) is 0 Å². The molecule has 0 bridgehead atoms. The summed E-state index contributed by atoms with van der Waals surface area (Å²) in [4.78, 5) is 8.17. The van der Waals surface area contributed by atoms with Crippen molar-refractivity contribution < 1.29 is 4.74 Å². The Bertz CT molecular complexity index is 332. The largest absolute Gasteiger partial charge is 0.381 e. The number of H-pyrrole nitrogens is 1. The van der Waals surface area contributed by atoms with Gasteiger partial charge in [-0.1, -0.05) is 0 Å². The minimum atomic E-state index is 0.759. The van der Waals surface area contributed by atoms with Crippen LogP contribution in [0, 0.1) is 5.92 Å². The lowest BCUT2D eigenvalue weighted by Crippen LogP contribution is -2.23. The highest BCUT2D eigenvalue weighted by Gasteiger charge is 2.18. The van der Waals surface area contributed by atoms with Crippen molar-refractivity contribution in [2.75, 3.05) is 19.8 Å². The molecule has 2 aliphatic rings. The van der Waals surface area contributed by atoms with Crippen LogP contribution in [0.4, 0.5) is 0 Å². The standard InChI is InChI=1S/C12H19N3O/c1-4-13-8-11-10(1)14-12(15-11)7-9-2-5-16-6-3-9/h9,13H,1-8H2,(H,14,15). The van der Waals surface area contributed by atoms with E-state index in [0.717, 1.165) is 45.1 Å². The Labute approximate surface area is 95.8 Å². The quantitative estimate of drug-likeness (QED) is 0.784. The molecule has 0 spiro atoms. The van der Waals surface area contributed by atoms with Gasteiger partial charge >= 0.3 is 0 Å². The van der Waals surface area contributed by atoms with Crippen molar-refractivity contribution >= 4 is 0 Å². The zero-order valence-electron chi connectivity index (χ0n) is 9.59. The minimum absolute atomic E-state index is 0.759. The summed E-state index contributed by atoms with van der Waals surface area (Å²) in [5.41, 5.74) is 2.58. The maximum absolute atomic E-state index is 5.38. The molecule has 1 saturated heterocycles. The van der Waals surface area contributed by atoms with E-state index in [0.29, 0.717) is 0 Å². The van der Waals surface area contributed by atoms with Crippen LogP contribution in [0.1, 0.15) is 30.1 Å². The molecule has 0 atom stereocenters. The fraction of sp³-hybridized carbons (Fsp3) is 0.750. The Morgan fingerprint density at radius 3 is 3.00 bits per heavy atom. The summed E-state index contributed by atoms with van der Waals surface area (Å²) in [5, 5.41) is 3.37. The summed E-state index contributed by atoms with van der Waals surface area (Å²) in [5.74, 6) is 1.94. The fourth-order valence-electron chi connectivity index (χ4n) is 2.60. The number of hydrogen-bond donors (Lipinski definition) is 2. The van der Waals surface area contributed by atoms with Crippen LogP contribution in [-0.2, 0) is 24.1 Å². The van der Waals surface area contributed by atoms with Gasteiger partial charge in [-0.05, 0) is 18.8 Å². The Balaban J connectivity index is 1.67. The van der Waals surface area contributed by atoms with Crippen molar-refractivity contribution in [3.8, 4) is 0 Å². The topological polar surface area (TPSA) is 49.9 Å². The number of aromatic amines is 1. The fourth-order valence-corrected chi connectivity index (χ4v) is 2.60. The first kappa shape index (κ1) is 10.3. The first-order valence-corrected chi connectivity index (χ1v) is 6.27. The summed E-state index contributed by atoms with van der Waals surface area (Å²) < 4.78 is 5.38. The van der Waals surface area contributed by atoms with E-state index < -0.39 is 0 Å². The summed E-state index contributed by atoms with van der Waals surface area (Å²) in [6, 6.07) is 0. The van der Waals surface area contributed by atoms with E-state index in [1.807, 2.05) is 0 Å². The van der Waals surface area contributed by atoms with Crippen LogP contribution >= 0.6 is 0 Å². The second kappa shape index (κ2) is 4.55. The lowest BCUT2D eigenvalue weighted by atomic mass is 9.96.